The predicted octanol–water partition coefficient (Wildman–Crippen LogP) is 10.6. The molecule has 0 aliphatic carbocycles. The standard InChI is InChI=1S/C42H26N4/c43-25-30-24-41(31(26-44)23-40(30)45-36-16-8-6-14-33(36)34-15-7-9-17-37(34)45)46-38-20-19-29(27-10-2-1-3-11-27)22-35(38)42-32-13-5-4-12-28(32)18-21-39(42)46/h1-25,43H. The van der Waals surface area contributed by atoms with Gasteiger partial charge in [0.1, 0.15) is 6.07 Å². The Morgan fingerprint density at radius 3 is 1.83 bits per heavy atom. The van der Waals surface area contributed by atoms with Crippen LogP contribution in [0.1, 0.15) is 11.1 Å². The number of fused-ring (bicyclic) bond motifs is 8. The quantitative estimate of drug-likeness (QED) is 0.205. The summed E-state index contributed by atoms with van der Waals surface area (Å²) in [5.74, 6) is 0. The fraction of sp³-hybridized carbons (Fsp3) is 0. The molecule has 2 aromatic heterocycles. The molecule has 4 heteroatoms. The van der Waals surface area contributed by atoms with E-state index in [0.29, 0.717) is 5.56 Å². The highest BCUT2D eigenvalue weighted by Crippen LogP contribution is 2.41. The predicted molar refractivity (Wildman–Crippen MR) is 191 cm³/mol. The van der Waals surface area contributed by atoms with E-state index in [4.69, 9.17) is 5.41 Å². The van der Waals surface area contributed by atoms with E-state index < -0.39 is 0 Å². The van der Waals surface area contributed by atoms with Gasteiger partial charge in [-0.05, 0) is 64.4 Å². The van der Waals surface area contributed by atoms with E-state index in [9.17, 15) is 5.26 Å². The zero-order valence-electron chi connectivity index (χ0n) is 24.8. The van der Waals surface area contributed by atoms with Crippen LogP contribution in [0.5, 0.6) is 0 Å². The number of rotatable bonds is 4. The van der Waals surface area contributed by atoms with Crippen molar-refractivity contribution in [1.29, 1.82) is 10.7 Å². The summed E-state index contributed by atoms with van der Waals surface area (Å²) in [6.45, 7) is 0. The van der Waals surface area contributed by atoms with Gasteiger partial charge in [0.05, 0.1) is 39.0 Å². The summed E-state index contributed by atoms with van der Waals surface area (Å²) in [5, 5.41) is 26.2. The molecule has 0 saturated heterocycles. The molecule has 46 heavy (non-hydrogen) atoms. The van der Waals surface area contributed by atoms with Crippen molar-refractivity contribution in [3.05, 3.63) is 157 Å². The lowest BCUT2D eigenvalue weighted by molar-refractivity contribution is 1.13. The summed E-state index contributed by atoms with van der Waals surface area (Å²) >= 11 is 0. The van der Waals surface area contributed by atoms with E-state index in [1.165, 1.54) is 17.0 Å². The van der Waals surface area contributed by atoms with Gasteiger partial charge < -0.3 is 14.5 Å². The minimum Gasteiger partial charge on any atom is -0.309 e. The Hall–Kier alpha value is -6.44. The summed E-state index contributed by atoms with van der Waals surface area (Å²) in [5.41, 5.74) is 9.27. The smallest absolute Gasteiger partial charge is 0.101 e. The summed E-state index contributed by atoms with van der Waals surface area (Å²) in [6, 6.07) is 52.9. The number of aromatic nitrogens is 2. The molecule has 0 spiro atoms. The van der Waals surface area contributed by atoms with Crippen molar-refractivity contribution in [2.24, 2.45) is 0 Å². The van der Waals surface area contributed by atoms with Gasteiger partial charge in [0, 0.05) is 33.3 Å². The fourth-order valence-corrected chi connectivity index (χ4v) is 7.22. The molecule has 0 aliphatic rings. The van der Waals surface area contributed by atoms with Gasteiger partial charge >= 0.3 is 0 Å². The average Bonchev–Trinajstić information content (AvgIpc) is 3.64. The van der Waals surface area contributed by atoms with Gasteiger partial charge in [-0.25, -0.2) is 0 Å². The Bertz CT molecular complexity index is 2670. The van der Waals surface area contributed by atoms with E-state index in [2.05, 4.69) is 130 Å². The third-order valence-electron chi connectivity index (χ3n) is 9.24. The van der Waals surface area contributed by atoms with Gasteiger partial charge in [-0.1, -0.05) is 103 Å². The van der Waals surface area contributed by atoms with E-state index in [1.807, 2.05) is 30.3 Å². The second-order valence-electron chi connectivity index (χ2n) is 11.7. The molecule has 0 bridgehead atoms. The molecule has 2 heterocycles. The first kappa shape index (κ1) is 26.0. The van der Waals surface area contributed by atoms with Crippen LogP contribution in [0.2, 0.25) is 0 Å². The van der Waals surface area contributed by atoms with E-state index in [-0.39, 0.29) is 0 Å². The Kier molecular flexibility index (Phi) is 5.68. The lowest BCUT2D eigenvalue weighted by Crippen LogP contribution is -2.05. The minimum atomic E-state index is 0.543. The van der Waals surface area contributed by atoms with Gasteiger partial charge in [0.25, 0.3) is 0 Å². The number of nitriles is 1. The Labute approximate surface area is 265 Å². The molecule has 0 unspecified atom stereocenters. The highest BCUT2D eigenvalue weighted by atomic mass is 15.0. The maximum Gasteiger partial charge on any atom is 0.101 e. The summed E-state index contributed by atoms with van der Waals surface area (Å²) in [7, 11) is 0. The number of hydrogen-bond donors (Lipinski definition) is 1. The van der Waals surface area contributed by atoms with Crippen molar-refractivity contribution in [1.82, 2.24) is 9.13 Å². The molecule has 4 nitrogen and oxygen atoms in total. The lowest BCUT2D eigenvalue weighted by Gasteiger charge is -2.16. The number of nitrogens with one attached hydrogen (secondary N) is 1. The van der Waals surface area contributed by atoms with Crippen LogP contribution in [0.4, 0.5) is 0 Å². The molecule has 0 fully saturated rings. The van der Waals surface area contributed by atoms with E-state index in [1.54, 1.807) is 0 Å². The SMILES string of the molecule is N#Cc1cc(-n2c3ccccc3c3ccccc32)c(C=N)cc1-n1c2ccc(-c3ccccc3)cc2c2c3ccccc3ccc21. The molecule has 9 aromatic rings. The van der Waals surface area contributed by atoms with Crippen LogP contribution in [0.25, 0.3) is 76.9 Å². The van der Waals surface area contributed by atoms with Gasteiger partial charge in [-0.3, -0.25) is 0 Å². The van der Waals surface area contributed by atoms with Crippen molar-refractivity contribution in [2.75, 3.05) is 0 Å². The molecular weight excluding hydrogens is 560 g/mol. The Balaban J connectivity index is 1.38. The minimum absolute atomic E-state index is 0.543. The van der Waals surface area contributed by atoms with Crippen LogP contribution in [0.15, 0.2) is 146 Å². The van der Waals surface area contributed by atoms with Gasteiger partial charge in [0.15, 0.2) is 0 Å². The zero-order chi connectivity index (χ0) is 30.8. The van der Waals surface area contributed by atoms with Crippen LogP contribution in [0.3, 0.4) is 0 Å². The van der Waals surface area contributed by atoms with Gasteiger partial charge in [0.2, 0.25) is 0 Å². The maximum atomic E-state index is 10.7. The average molecular weight is 587 g/mol. The first-order chi connectivity index (χ1) is 22.7. The second-order valence-corrected chi connectivity index (χ2v) is 11.7. The molecule has 1 N–H and O–H groups in total. The number of hydrogen-bond acceptors (Lipinski definition) is 2. The fourth-order valence-electron chi connectivity index (χ4n) is 7.22. The normalized spacial score (nSPS) is 11.5. The largest absolute Gasteiger partial charge is 0.309 e. The third-order valence-corrected chi connectivity index (χ3v) is 9.24. The molecule has 0 saturated carbocycles. The first-order valence-electron chi connectivity index (χ1n) is 15.3. The van der Waals surface area contributed by atoms with E-state index in [0.717, 1.165) is 71.7 Å². The molecular formula is C42H26N4. The van der Waals surface area contributed by atoms with Crippen LogP contribution in [-0.2, 0) is 0 Å². The topological polar surface area (TPSA) is 57.5 Å². The zero-order valence-corrected chi connectivity index (χ0v) is 24.8. The third kappa shape index (κ3) is 3.70. The maximum absolute atomic E-state index is 10.7. The monoisotopic (exact) mass is 586 g/mol. The second kappa shape index (κ2) is 10.1. The summed E-state index contributed by atoms with van der Waals surface area (Å²) < 4.78 is 4.38. The summed E-state index contributed by atoms with van der Waals surface area (Å²) in [6.07, 6.45) is 1.40. The van der Waals surface area contributed by atoms with E-state index >= 15 is 0 Å². The molecule has 214 valence electrons. The van der Waals surface area contributed by atoms with Crippen LogP contribution in [-0.4, -0.2) is 15.3 Å². The molecule has 0 amide bonds. The van der Waals surface area contributed by atoms with Crippen LogP contribution in [0, 0.1) is 16.7 Å². The van der Waals surface area contributed by atoms with Gasteiger partial charge in [-0.15, -0.1) is 0 Å². The molecule has 0 radical (unpaired) electrons. The summed E-state index contributed by atoms with van der Waals surface area (Å²) in [4.78, 5) is 0. The number of nitrogens with zero attached hydrogens (tertiary/aromatic N) is 3. The van der Waals surface area contributed by atoms with Gasteiger partial charge in [-0.2, -0.15) is 5.26 Å². The molecule has 0 atom stereocenters. The lowest BCUT2D eigenvalue weighted by atomic mass is 10.0. The van der Waals surface area contributed by atoms with Crippen molar-refractivity contribution in [2.45, 2.75) is 0 Å². The van der Waals surface area contributed by atoms with Crippen molar-refractivity contribution in [3.8, 4) is 28.6 Å². The molecule has 0 aliphatic heterocycles. The number of para-hydroxylation sites is 2. The highest BCUT2D eigenvalue weighted by molar-refractivity contribution is 6.22. The highest BCUT2D eigenvalue weighted by Gasteiger charge is 2.21. The van der Waals surface area contributed by atoms with Crippen LogP contribution < -0.4 is 0 Å². The molecule has 9 rings (SSSR count). The molecule has 7 aromatic carbocycles. The van der Waals surface area contributed by atoms with Crippen molar-refractivity contribution in [3.63, 3.8) is 0 Å². The Morgan fingerprint density at radius 2 is 1.11 bits per heavy atom. The van der Waals surface area contributed by atoms with Crippen molar-refractivity contribution < 1.29 is 0 Å². The van der Waals surface area contributed by atoms with Crippen molar-refractivity contribution >= 4 is 60.6 Å². The number of benzene rings is 7. The first-order valence-corrected chi connectivity index (χ1v) is 15.3. The Morgan fingerprint density at radius 1 is 0.500 bits per heavy atom. The van der Waals surface area contributed by atoms with Crippen LogP contribution >= 0.6 is 0 Å².